The molecule has 10 heteroatoms. The minimum atomic E-state index is -4.66. The maximum absolute atomic E-state index is 12.0. The zero-order valence-corrected chi connectivity index (χ0v) is 9.98. The minimum absolute atomic E-state index is 0.0880. The number of carbonyl (C=O) groups excluding carboxylic acids is 1. The standard InChI is InChI=1S/C10H10F3N3O4/c11-10(12,13)3-20-9(19)16-2-6-5(14-4-15-6)1-7(16)8(17)18/h4,7H,1-3H2,(H,14,15)(H,17,18). The Morgan fingerprint density at radius 1 is 1.55 bits per heavy atom. The monoisotopic (exact) mass is 293 g/mol. The van der Waals surface area contributed by atoms with Gasteiger partial charge in [0.2, 0.25) is 0 Å². The van der Waals surface area contributed by atoms with E-state index in [0.717, 1.165) is 4.90 Å². The van der Waals surface area contributed by atoms with Crippen LogP contribution in [0.1, 0.15) is 11.4 Å². The zero-order valence-electron chi connectivity index (χ0n) is 9.98. The fourth-order valence-electron chi connectivity index (χ4n) is 1.87. The van der Waals surface area contributed by atoms with Crippen molar-refractivity contribution >= 4 is 12.1 Å². The van der Waals surface area contributed by atoms with Crippen molar-refractivity contribution in [2.45, 2.75) is 25.2 Å². The Balaban J connectivity index is 2.12. The number of ether oxygens (including phenoxy) is 1. The molecule has 0 aromatic carbocycles. The molecule has 1 atom stereocenters. The van der Waals surface area contributed by atoms with E-state index in [4.69, 9.17) is 5.11 Å². The topological polar surface area (TPSA) is 95.5 Å². The lowest BCUT2D eigenvalue weighted by Gasteiger charge is -2.31. The number of hydrogen-bond donors (Lipinski definition) is 2. The summed E-state index contributed by atoms with van der Waals surface area (Å²) in [6, 6.07) is -1.30. The average molecular weight is 293 g/mol. The zero-order chi connectivity index (χ0) is 14.9. The third-order valence-corrected chi connectivity index (χ3v) is 2.78. The lowest BCUT2D eigenvalue weighted by Crippen LogP contribution is -2.49. The van der Waals surface area contributed by atoms with Crippen molar-refractivity contribution in [3.63, 3.8) is 0 Å². The molecule has 0 bridgehead atoms. The highest BCUT2D eigenvalue weighted by Crippen LogP contribution is 2.22. The Kier molecular flexibility index (Phi) is 3.55. The number of carbonyl (C=O) groups is 2. The van der Waals surface area contributed by atoms with Crippen molar-refractivity contribution in [3.8, 4) is 0 Å². The van der Waals surface area contributed by atoms with Crippen molar-refractivity contribution in [2.75, 3.05) is 6.61 Å². The summed E-state index contributed by atoms with van der Waals surface area (Å²) in [7, 11) is 0. The van der Waals surface area contributed by atoms with E-state index in [0.29, 0.717) is 11.4 Å². The molecule has 0 saturated heterocycles. The second-order valence-electron chi connectivity index (χ2n) is 4.18. The number of rotatable bonds is 2. The molecule has 0 saturated carbocycles. The van der Waals surface area contributed by atoms with E-state index in [1.54, 1.807) is 0 Å². The lowest BCUT2D eigenvalue weighted by molar-refractivity contribution is -0.164. The van der Waals surface area contributed by atoms with Gasteiger partial charge in [0.25, 0.3) is 0 Å². The molecule has 1 amide bonds. The van der Waals surface area contributed by atoms with E-state index in [9.17, 15) is 22.8 Å². The first-order valence-corrected chi connectivity index (χ1v) is 5.52. The summed E-state index contributed by atoms with van der Waals surface area (Å²) in [5, 5.41) is 9.04. The molecule has 0 radical (unpaired) electrons. The van der Waals surface area contributed by atoms with Crippen LogP contribution < -0.4 is 0 Å². The van der Waals surface area contributed by atoms with Crippen LogP contribution in [0.3, 0.4) is 0 Å². The number of halogens is 3. The Morgan fingerprint density at radius 2 is 2.25 bits per heavy atom. The van der Waals surface area contributed by atoms with E-state index in [1.165, 1.54) is 6.33 Å². The quantitative estimate of drug-likeness (QED) is 0.845. The van der Waals surface area contributed by atoms with Crippen LogP contribution in [0.4, 0.5) is 18.0 Å². The molecule has 1 unspecified atom stereocenters. The van der Waals surface area contributed by atoms with Crippen molar-refractivity contribution in [1.29, 1.82) is 0 Å². The highest BCUT2D eigenvalue weighted by molar-refractivity contribution is 5.80. The second-order valence-corrected chi connectivity index (χ2v) is 4.18. The summed E-state index contributed by atoms with van der Waals surface area (Å²) in [5.74, 6) is -1.33. The van der Waals surface area contributed by atoms with Gasteiger partial charge in [0.15, 0.2) is 6.61 Å². The van der Waals surface area contributed by atoms with Crippen molar-refractivity contribution in [1.82, 2.24) is 14.9 Å². The summed E-state index contributed by atoms with van der Waals surface area (Å²) < 4.78 is 40.1. The van der Waals surface area contributed by atoms with Crippen LogP contribution in [0.2, 0.25) is 0 Å². The summed E-state index contributed by atoms with van der Waals surface area (Å²) in [6.07, 6.45) is -4.75. The van der Waals surface area contributed by atoms with Crippen LogP contribution >= 0.6 is 0 Å². The third-order valence-electron chi connectivity index (χ3n) is 2.78. The van der Waals surface area contributed by atoms with Gasteiger partial charge in [-0.25, -0.2) is 14.6 Å². The number of nitrogens with zero attached hydrogens (tertiary/aromatic N) is 2. The maximum atomic E-state index is 12.0. The van der Waals surface area contributed by atoms with Gasteiger partial charge >= 0.3 is 18.2 Å². The lowest BCUT2D eigenvalue weighted by atomic mass is 10.0. The van der Waals surface area contributed by atoms with Crippen LogP contribution in [0.15, 0.2) is 6.33 Å². The molecule has 0 fully saturated rings. The van der Waals surface area contributed by atoms with Crippen LogP contribution in [0.25, 0.3) is 0 Å². The van der Waals surface area contributed by atoms with E-state index in [-0.39, 0.29) is 13.0 Å². The Bertz CT molecular complexity index is 528. The van der Waals surface area contributed by atoms with Gasteiger partial charge in [0, 0.05) is 6.42 Å². The van der Waals surface area contributed by atoms with Gasteiger partial charge in [0.05, 0.1) is 24.3 Å². The molecule has 1 aromatic rings. The number of fused-ring (bicyclic) bond motifs is 1. The SMILES string of the molecule is O=C(O)C1Cc2nc[nH]c2CN1C(=O)OCC(F)(F)F. The number of alkyl halides is 3. The molecular formula is C10H10F3N3O4. The molecule has 0 aliphatic carbocycles. The average Bonchev–Trinajstić information content (AvgIpc) is 2.80. The molecule has 2 N–H and O–H groups in total. The smallest absolute Gasteiger partial charge is 0.422 e. The van der Waals surface area contributed by atoms with Gasteiger partial charge in [-0.15, -0.1) is 0 Å². The number of nitrogens with one attached hydrogen (secondary N) is 1. The number of aromatic nitrogens is 2. The number of carboxylic acids is 1. The predicted octanol–water partition coefficient (Wildman–Crippen LogP) is 0.920. The first kappa shape index (κ1) is 14.2. The number of aromatic amines is 1. The molecule has 110 valence electrons. The number of hydrogen-bond acceptors (Lipinski definition) is 4. The normalized spacial score (nSPS) is 18.6. The number of aliphatic carboxylic acids is 1. The van der Waals surface area contributed by atoms with Crippen molar-refractivity contribution < 1.29 is 32.6 Å². The minimum Gasteiger partial charge on any atom is -0.480 e. The molecule has 1 aromatic heterocycles. The number of imidazole rings is 1. The van der Waals surface area contributed by atoms with Gasteiger partial charge in [-0.2, -0.15) is 13.2 Å². The van der Waals surface area contributed by atoms with Gasteiger partial charge < -0.3 is 14.8 Å². The van der Waals surface area contributed by atoms with E-state index < -0.39 is 30.9 Å². The van der Waals surface area contributed by atoms with Crippen molar-refractivity contribution in [3.05, 3.63) is 17.7 Å². The van der Waals surface area contributed by atoms with Crippen LogP contribution in [-0.4, -0.2) is 50.9 Å². The first-order valence-electron chi connectivity index (χ1n) is 5.52. The molecule has 2 rings (SSSR count). The fraction of sp³-hybridized carbons (Fsp3) is 0.500. The van der Waals surface area contributed by atoms with Gasteiger partial charge in [0.1, 0.15) is 6.04 Å². The molecule has 7 nitrogen and oxygen atoms in total. The summed E-state index contributed by atoms with van der Waals surface area (Å²) in [4.78, 5) is 30.0. The Morgan fingerprint density at radius 3 is 2.85 bits per heavy atom. The number of amides is 1. The van der Waals surface area contributed by atoms with Gasteiger partial charge in [-0.3, -0.25) is 4.90 Å². The van der Waals surface area contributed by atoms with Crippen LogP contribution in [0.5, 0.6) is 0 Å². The number of H-pyrrole nitrogens is 1. The highest BCUT2D eigenvalue weighted by atomic mass is 19.4. The third kappa shape index (κ3) is 3.00. The number of carboxylic acid groups (broad SMARTS) is 1. The van der Waals surface area contributed by atoms with Gasteiger partial charge in [-0.05, 0) is 0 Å². The molecule has 20 heavy (non-hydrogen) atoms. The molecule has 0 spiro atoms. The largest absolute Gasteiger partial charge is 0.480 e. The molecular weight excluding hydrogens is 283 g/mol. The molecule has 2 heterocycles. The fourth-order valence-corrected chi connectivity index (χ4v) is 1.87. The molecule has 1 aliphatic heterocycles. The van der Waals surface area contributed by atoms with Crippen LogP contribution in [0, 0.1) is 0 Å². The maximum Gasteiger partial charge on any atom is 0.422 e. The van der Waals surface area contributed by atoms with Crippen molar-refractivity contribution in [2.24, 2.45) is 0 Å². The first-order chi connectivity index (χ1) is 9.28. The Hall–Kier alpha value is -2.26. The van der Waals surface area contributed by atoms with Crippen LogP contribution in [-0.2, 0) is 22.5 Å². The van der Waals surface area contributed by atoms with E-state index in [2.05, 4.69) is 14.7 Å². The predicted molar refractivity (Wildman–Crippen MR) is 56.7 cm³/mol. The summed E-state index contributed by atoms with van der Waals surface area (Å²) in [5.41, 5.74) is 0.948. The highest BCUT2D eigenvalue weighted by Gasteiger charge is 2.38. The van der Waals surface area contributed by atoms with Gasteiger partial charge in [-0.1, -0.05) is 0 Å². The van der Waals surface area contributed by atoms with E-state index >= 15 is 0 Å². The Labute approximate surface area is 110 Å². The molecule has 1 aliphatic rings. The summed E-state index contributed by atoms with van der Waals surface area (Å²) in [6.45, 7) is -1.95. The second kappa shape index (κ2) is 5.02. The summed E-state index contributed by atoms with van der Waals surface area (Å²) >= 11 is 0. The van der Waals surface area contributed by atoms with E-state index in [1.807, 2.05) is 0 Å².